The minimum absolute atomic E-state index is 0.00639. The fourth-order valence-electron chi connectivity index (χ4n) is 6.19. The summed E-state index contributed by atoms with van der Waals surface area (Å²) in [5, 5.41) is 12.1. The molecule has 2 aromatic carbocycles. The molecule has 5 nitrogen and oxygen atoms in total. The predicted octanol–water partition coefficient (Wildman–Crippen LogP) is 7.99. The van der Waals surface area contributed by atoms with Crippen LogP contribution in [-0.2, 0) is 12.8 Å². The van der Waals surface area contributed by atoms with Crippen molar-refractivity contribution in [3.63, 3.8) is 0 Å². The topological polar surface area (TPSA) is 71.7 Å². The molecule has 2 heterocycles. The van der Waals surface area contributed by atoms with Gasteiger partial charge in [-0.15, -0.1) is 0 Å². The summed E-state index contributed by atoms with van der Waals surface area (Å²) in [4.78, 5) is 32.7. The number of nitrogens with zero attached hydrogens (tertiary/aromatic N) is 2. The fraction of sp³-hybridized carbons (Fsp3) is 0.323. The molecule has 0 bridgehead atoms. The molecule has 2 aromatic heterocycles. The van der Waals surface area contributed by atoms with Crippen LogP contribution in [0.3, 0.4) is 0 Å². The Morgan fingerprint density at radius 3 is 2.16 bits per heavy atom. The highest BCUT2D eigenvalue weighted by atomic mass is 35.5. The van der Waals surface area contributed by atoms with Gasteiger partial charge in [0.15, 0.2) is 11.6 Å². The van der Waals surface area contributed by atoms with Gasteiger partial charge in [-0.05, 0) is 54.0 Å². The molecule has 0 amide bonds. The third-order valence-electron chi connectivity index (χ3n) is 7.70. The largest absolute Gasteiger partial charge is 0.507 e. The van der Waals surface area contributed by atoms with Crippen LogP contribution in [0.1, 0.15) is 72.8 Å². The van der Waals surface area contributed by atoms with Gasteiger partial charge in [0.05, 0.1) is 16.9 Å². The van der Waals surface area contributed by atoms with Crippen LogP contribution in [0.2, 0.25) is 10.0 Å². The number of aromatic nitrogens is 2. The summed E-state index contributed by atoms with van der Waals surface area (Å²) < 4.78 is 1.98. The molecule has 0 radical (unpaired) electrons. The number of carbonyl (C=O) groups is 2. The van der Waals surface area contributed by atoms with Crippen LogP contribution in [0.4, 0.5) is 0 Å². The Morgan fingerprint density at radius 2 is 1.45 bits per heavy atom. The van der Waals surface area contributed by atoms with E-state index in [9.17, 15) is 14.7 Å². The van der Waals surface area contributed by atoms with E-state index >= 15 is 0 Å². The Bertz CT molecular complexity index is 1680. The number of rotatable bonds is 2. The number of ketones is 2. The number of aromatic hydroxyl groups is 1. The first kappa shape index (κ1) is 25.1. The second kappa shape index (κ2) is 8.42. The number of fused-ring (bicyclic) bond motifs is 5. The Labute approximate surface area is 231 Å². The number of phenols is 1. The Balaban J connectivity index is 1.86. The lowest BCUT2D eigenvalue weighted by Crippen LogP contribution is -2.32. The quantitative estimate of drug-likeness (QED) is 0.276. The number of Topliss-reactive ketones (excluding diaryl/α,β-unsaturated/α-hetero) is 2. The molecule has 0 saturated heterocycles. The molecule has 0 saturated carbocycles. The first-order valence-corrected chi connectivity index (χ1v) is 13.5. The van der Waals surface area contributed by atoms with E-state index in [4.69, 9.17) is 28.2 Å². The number of halogens is 2. The van der Waals surface area contributed by atoms with Crippen LogP contribution in [0, 0.1) is 10.8 Å². The Morgan fingerprint density at radius 1 is 0.816 bits per heavy atom. The molecule has 2 aliphatic rings. The van der Waals surface area contributed by atoms with E-state index in [1.807, 2.05) is 16.5 Å². The van der Waals surface area contributed by atoms with Crippen molar-refractivity contribution in [3.8, 4) is 28.1 Å². The maximum Gasteiger partial charge on any atom is 0.182 e. The molecule has 1 N–H and O–H groups in total. The van der Waals surface area contributed by atoms with Crippen LogP contribution >= 0.6 is 23.2 Å². The zero-order valence-electron chi connectivity index (χ0n) is 21.8. The van der Waals surface area contributed by atoms with E-state index in [-0.39, 0.29) is 28.1 Å². The van der Waals surface area contributed by atoms with Crippen LogP contribution in [0.15, 0.2) is 42.5 Å². The molecule has 38 heavy (non-hydrogen) atoms. The maximum atomic E-state index is 13.9. The van der Waals surface area contributed by atoms with Gasteiger partial charge in [0.2, 0.25) is 0 Å². The van der Waals surface area contributed by atoms with Crippen LogP contribution < -0.4 is 0 Å². The van der Waals surface area contributed by atoms with Crippen molar-refractivity contribution in [2.75, 3.05) is 0 Å². The zero-order valence-corrected chi connectivity index (χ0v) is 23.3. The second-order valence-electron chi connectivity index (χ2n) is 12.2. The smallest absolute Gasteiger partial charge is 0.182 e. The van der Waals surface area contributed by atoms with E-state index in [0.29, 0.717) is 69.3 Å². The van der Waals surface area contributed by atoms with Gasteiger partial charge in [0, 0.05) is 50.8 Å². The lowest BCUT2D eigenvalue weighted by atomic mass is 9.74. The molecule has 0 atom stereocenters. The third-order valence-corrected chi connectivity index (χ3v) is 8.18. The number of hydrogen-bond donors (Lipinski definition) is 1. The van der Waals surface area contributed by atoms with Crippen molar-refractivity contribution in [1.82, 2.24) is 9.38 Å². The molecule has 6 rings (SSSR count). The molecule has 0 fully saturated rings. The van der Waals surface area contributed by atoms with Gasteiger partial charge < -0.3 is 9.51 Å². The van der Waals surface area contributed by atoms with E-state index in [2.05, 4.69) is 27.7 Å². The van der Waals surface area contributed by atoms with Crippen molar-refractivity contribution in [2.24, 2.45) is 10.8 Å². The molecule has 7 heteroatoms. The molecule has 2 aliphatic carbocycles. The van der Waals surface area contributed by atoms with Gasteiger partial charge in [0.1, 0.15) is 11.4 Å². The van der Waals surface area contributed by atoms with Gasteiger partial charge >= 0.3 is 0 Å². The summed E-state index contributed by atoms with van der Waals surface area (Å²) in [6.45, 7) is 8.30. The summed E-state index contributed by atoms with van der Waals surface area (Å²) in [7, 11) is 0. The highest BCUT2D eigenvalue weighted by Gasteiger charge is 2.42. The Kier molecular flexibility index (Phi) is 5.57. The van der Waals surface area contributed by atoms with Crippen molar-refractivity contribution < 1.29 is 14.7 Å². The minimum atomic E-state index is -0.292. The van der Waals surface area contributed by atoms with Crippen molar-refractivity contribution in [2.45, 2.75) is 53.4 Å². The molecular weight excluding hydrogens is 519 g/mol. The van der Waals surface area contributed by atoms with E-state index in [1.165, 1.54) is 6.07 Å². The number of phenolic OH excluding ortho intramolecular Hbond substituents is 1. The summed E-state index contributed by atoms with van der Waals surface area (Å²) in [6, 6.07) is 12.2. The lowest BCUT2D eigenvalue weighted by molar-refractivity contribution is 0.0888. The first-order valence-electron chi connectivity index (χ1n) is 12.8. The summed E-state index contributed by atoms with van der Waals surface area (Å²) in [6.07, 6.45) is 1.98. The maximum absolute atomic E-state index is 13.9. The van der Waals surface area contributed by atoms with Gasteiger partial charge in [-0.3, -0.25) is 9.59 Å². The third kappa shape index (κ3) is 3.95. The molecule has 0 aliphatic heterocycles. The average Bonchev–Trinajstić information content (AvgIpc) is 3.13. The zero-order chi connectivity index (χ0) is 27.1. The van der Waals surface area contributed by atoms with Gasteiger partial charge in [0.25, 0.3) is 0 Å². The normalized spacial score (nSPS) is 17.9. The first-order chi connectivity index (χ1) is 17.8. The summed E-state index contributed by atoms with van der Waals surface area (Å²) in [5.41, 5.74) is 5.14. The van der Waals surface area contributed by atoms with Crippen LogP contribution in [-0.4, -0.2) is 26.1 Å². The molecule has 194 valence electrons. The number of hydrogen-bond acceptors (Lipinski definition) is 4. The predicted molar refractivity (Wildman–Crippen MR) is 151 cm³/mol. The molecular formula is C31H28Cl2N2O3. The Hall–Kier alpha value is -3.15. The number of carbonyl (C=O) groups excluding carboxylic acids is 2. The van der Waals surface area contributed by atoms with Crippen molar-refractivity contribution in [1.29, 1.82) is 0 Å². The lowest BCUT2D eigenvalue weighted by Gasteiger charge is -2.32. The molecule has 0 spiro atoms. The minimum Gasteiger partial charge on any atom is -0.507 e. The monoisotopic (exact) mass is 546 g/mol. The standard InChI is InChI=1S/C31H28Cl2N2O3/c1-30(2)12-20-28(24(38)15-30)35-21-13-31(3,4)14-23(37)26(21)25(19-11-18(33)9-10-22(19)36)29(35)27(34-20)16-5-7-17(32)8-6-16/h5-11,36H,12-15H2,1-4H3. The average molecular weight is 547 g/mol. The van der Waals surface area contributed by atoms with Crippen LogP contribution in [0.5, 0.6) is 5.75 Å². The van der Waals surface area contributed by atoms with Crippen molar-refractivity contribution in [3.05, 3.63) is 75.2 Å². The summed E-state index contributed by atoms with van der Waals surface area (Å²) in [5.74, 6) is -0.00445. The van der Waals surface area contributed by atoms with Gasteiger partial charge in [-0.1, -0.05) is 63.0 Å². The fourth-order valence-corrected chi connectivity index (χ4v) is 6.49. The van der Waals surface area contributed by atoms with Gasteiger partial charge in [-0.25, -0.2) is 4.98 Å². The number of benzene rings is 2. The van der Waals surface area contributed by atoms with E-state index < -0.39 is 0 Å². The highest BCUT2D eigenvalue weighted by Crippen LogP contribution is 2.49. The molecule has 4 aromatic rings. The van der Waals surface area contributed by atoms with Crippen LogP contribution in [0.25, 0.3) is 27.9 Å². The van der Waals surface area contributed by atoms with Crippen molar-refractivity contribution >= 4 is 40.3 Å². The molecule has 0 unspecified atom stereocenters. The summed E-state index contributed by atoms with van der Waals surface area (Å²) >= 11 is 12.6. The second-order valence-corrected chi connectivity index (χ2v) is 13.1. The van der Waals surface area contributed by atoms with E-state index in [0.717, 1.165) is 17.0 Å². The highest BCUT2D eigenvalue weighted by molar-refractivity contribution is 6.31. The SMILES string of the molecule is CC1(C)CC(=O)c2c(nc(-c3ccc(Cl)cc3)c3c(-c4cc(Cl)ccc4O)c4c(n23)CC(C)(C)CC4=O)C1. The van der Waals surface area contributed by atoms with Gasteiger partial charge in [-0.2, -0.15) is 0 Å². The van der Waals surface area contributed by atoms with E-state index in [1.54, 1.807) is 24.3 Å².